The van der Waals surface area contributed by atoms with E-state index < -0.39 is 0 Å². The zero-order chi connectivity index (χ0) is 22.1. The summed E-state index contributed by atoms with van der Waals surface area (Å²) in [6.07, 6.45) is 11.3. The van der Waals surface area contributed by atoms with Crippen LogP contribution in [-0.4, -0.2) is 24.3 Å². The largest absolute Gasteiger partial charge is 0.472 e. The zero-order valence-corrected chi connectivity index (χ0v) is 19.3. The predicted octanol–water partition coefficient (Wildman–Crippen LogP) is 6.12. The summed E-state index contributed by atoms with van der Waals surface area (Å²) >= 11 is 0. The SMILES string of the molecule is C[C@]12CC[C@H]3[C@@H](CC=C4CC(=O)CC[C@@]43C)[C@@H]1CC[C@@H]2[C@@H]1CN=C(c2ccc(F)cc2)O1. The Balaban J connectivity index is 1.21. The maximum absolute atomic E-state index is 13.3. The molecule has 4 aliphatic carbocycles. The summed E-state index contributed by atoms with van der Waals surface area (Å²) in [6.45, 7) is 5.70. The van der Waals surface area contributed by atoms with E-state index >= 15 is 0 Å². The Kier molecular flexibility index (Phi) is 4.68. The number of rotatable bonds is 2. The summed E-state index contributed by atoms with van der Waals surface area (Å²) in [5.74, 6) is 3.61. The van der Waals surface area contributed by atoms with Gasteiger partial charge in [-0.05, 0) is 91.4 Å². The molecule has 3 saturated carbocycles. The van der Waals surface area contributed by atoms with E-state index in [1.165, 1.54) is 43.4 Å². The second-order valence-electron chi connectivity index (χ2n) is 11.5. The highest BCUT2D eigenvalue weighted by atomic mass is 19.1. The van der Waals surface area contributed by atoms with Crippen LogP contribution >= 0.6 is 0 Å². The number of fused-ring (bicyclic) bond motifs is 5. The minimum absolute atomic E-state index is 0.138. The first-order valence-electron chi connectivity index (χ1n) is 12.6. The third-order valence-corrected chi connectivity index (χ3v) is 10.2. The molecule has 0 aromatic heterocycles. The molecular formula is C28H34FNO2. The number of ketones is 1. The smallest absolute Gasteiger partial charge is 0.216 e. The van der Waals surface area contributed by atoms with Crippen molar-refractivity contribution in [3.05, 3.63) is 47.3 Å². The maximum Gasteiger partial charge on any atom is 0.216 e. The summed E-state index contributed by atoms with van der Waals surface area (Å²) in [5, 5.41) is 0. The van der Waals surface area contributed by atoms with E-state index in [9.17, 15) is 9.18 Å². The van der Waals surface area contributed by atoms with Gasteiger partial charge in [-0.1, -0.05) is 25.5 Å². The first kappa shape index (κ1) is 20.6. The molecule has 0 amide bonds. The lowest BCUT2D eigenvalue weighted by molar-refractivity contribution is -0.122. The highest BCUT2D eigenvalue weighted by Crippen LogP contribution is 2.66. The molecule has 0 saturated heterocycles. The summed E-state index contributed by atoms with van der Waals surface area (Å²) < 4.78 is 19.7. The van der Waals surface area contributed by atoms with Crippen molar-refractivity contribution in [2.45, 2.75) is 71.3 Å². The van der Waals surface area contributed by atoms with Gasteiger partial charge in [0.15, 0.2) is 0 Å². The van der Waals surface area contributed by atoms with Crippen molar-refractivity contribution in [1.82, 2.24) is 0 Å². The fraction of sp³-hybridized carbons (Fsp3) is 0.643. The van der Waals surface area contributed by atoms with Gasteiger partial charge in [-0.25, -0.2) is 9.38 Å². The van der Waals surface area contributed by atoms with E-state index in [-0.39, 0.29) is 17.3 Å². The first-order chi connectivity index (χ1) is 15.4. The molecule has 4 heteroatoms. The Morgan fingerprint density at radius 1 is 1.03 bits per heavy atom. The van der Waals surface area contributed by atoms with Crippen molar-refractivity contribution >= 4 is 11.7 Å². The van der Waals surface area contributed by atoms with Crippen molar-refractivity contribution in [2.75, 3.05) is 6.54 Å². The summed E-state index contributed by atoms with van der Waals surface area (Å²) in [4.78, 5) is 16.8. The van der Waals surface area contributed by atoms with Crippen LogP contribution in [0.25, 0.3) is 0 Å². The van der Waals surface area contributed by atoms with Gasteiger partial charge in [0.25, 0.3) is 0 Å². The van der Waals surface area contributed by atoms with Gasteiger partial charge in [-0.15, -0.1) is 0 Å². The first-order valence-corrected chi connectivity index (χ1v) is 12.6. The Bertz CT molecular complexity index is 997. The molecule has 1 aliphatic heterocycles. The number of ether oxygens (including phenoxy) is 1. The Morgan fingerprint density at radius 2 is 1.81 bits per heavy atom. The minimum Gasteiger partial charge on any atom is -0.472 e. The van der Waals surface area contributed by atoms with Gasteiger partial charge in [0.1, 0.15) is 17.7 Å². The molecule has 0 N–H and O–H groups in total. The maximum atomic E-state index is 13.3. The number of hydrogen-bond donors (Lipinski definition) is 0. The van der Waals surface area contributed by atoms with Gasteiger partial charge < -0.3 is 4.74 Å². The van der Waals surface area contributed by atoms with Crippen LogP contribution in [0.1, 0.15) is 70.8 Å². The van der Waals surface area contributed by atoms with E-state index in [2.05, 4.69) is 19.9 Å². The lowest BCUT2D eigenvalue weighted by Crippen LogP contribution is -2.51. The number of allylic oxidation sites excluding steroid dienone is 2. The van der Waals surface area contributed by atoms with Crippen LogP contribution in [0.3, 0.4) is 0 Å². The van der Waals surface area contributed by atoms with Crippen LogP contribution in [0, 0.1) is 40.3 Å². The average molecular weight is 436 g/mol. The number of carbonyl (C=O) groups is 1. The van der Waals surface area contributed by atoms with Crippen molar-refractivity contribution in [3.8, 4) is 0 Å². The number of aliphatic imine (C=N–C) groups is 1. The van der Waals surface area contributed by atoms with Gasteiger partial charge in [0, 0.05) is 24.3 Å². The van der Waals surface area contributed by atoms with E-state index in [1.807, 2.05) is 0 Å². The van der Waals surface area contributed by atoms with E-state index in [4.69, 9.17) is 9.73 Å². The standard InChI is InChI=1S/C28H34FNO2/c1-27-13-11-20(31)15-18(27)5-8-21-22-9-10-24(28(22,2)14-12-23(21)27)25-16-30-26(32-25)17-3-6-19(29)7-4-17/h3-7,21-25H,8-16H2,1-2H3/t21-,22-,23-,24+,25-,27-,28-/m0/s1. The minimum atomic E-state index is -0.229. The number of halogens is 1. The third kappa shape index (κ3) is 2.97. The number of hydrogen-bond acceptors (Lipinski definition) is 3. The number of carbonyl (C=O) groups excluding carboxylic acids is 1. The molecule has 7 atom stereocenters. The summed E-state index contributed by atoms with van der Waals surface area (Å²) in [6, 6.07) is 6.49. The average Bonchev–Trinajstić information content (AvgIpc) is 3.39. The van der Waals surface area contributed by atoms with Crippen LogP contribution < -0.4 is 0 Å². The molecule has 3 nitrogen and oxygen atoms in total. The van der Waals surface area contributed by atoms with Crippen LogP contribution in [0.4, 0.5) is 4.39 Å². The van der Waals surface area contributed by atoms with Gasteiger partial charge in [0.05, 0.1) is 6.54 Å². The van der Waals surface area contributed by atoms with Gasteiger partial charge in [-0.2, -0.15) is 0 Å². The topological polar surface area (TPSA) is 38.7 Å². The van der Waals surface area contributed by atoms with Crippen molar-refractivity contribution < 1.29 is 13.9 Å². The zero-order valence-electron chi connectivity index (χ0n) is 19.3. The lowest BCUT2D eigenvalue weighted by Gasteiger charge is -2.57. The molecule has 0 bridgehead atoms. The normalized spacial score (nSPS) is 43.0. The van der Waals surface area contributed by atoms with Crippen LogP contribution in [0.2, 0.25) is 0 Å². The summed E-state index contributed by atoms with van der Waals surface area (Å²) in [7, 11) is 0. The number of nitrogens with zero attached hydrogens (tertiary/aromatic N) is 1. The van der Waals surface area contributed by atoms with Gasteiger partial charge in [-0.3, -0.25) is 4.79 Å². The van der Waals surface area contributed by atoms with Crippen LogP contribution in [0.15, 0.2) is 40.9 Å². The lowest BCUT2D eigenvalue weighted by atomic mass is 9.47. The van der Waals surface area contributed by atoms with Crippen LogP contribution in [-0.2, 0) is 9.53 Å². The predicted molar refractivity (Wildman–Crippen MR) is 123 cm³/mol. The molecule has 1 aromatic carbocycles. The molecule has 170 valence electrons. The van der Waals surface area contributed by atoms with Gasteiger partial charge in [0.2, 0.25) is 5.90 Å². The molecule has 0 radical (unpaired) electrons. The second kappa shape index (κ2) is 7.27. The summed E-state index contributed by atoms with van der Waals surface area (Å²) in [5.41, 5.74) is 2.86. The van der Waals surface area contributed by atoms with E-state index in [0.717, 1.165) is 49.1 Å². The Morgan fingerprint density at radius 3 is 2.62 bits per heavy atom. The molecule has 32 heavy (non-hydrogen) atoms. The molecular weight excluding hydrogens is 401 g/mol. The second-order valence-corrected chi connectivity index (χ2v) is 11.5. The van der Waals surface area contributed by atoms with Crippen molar-refractivity contribution in [2.24, 2.45) is 39.5 Å². The van der Waals surface area contributed by atoms with Crippen LogP contribution in [0.5, 0.6) is 0 Å². The molecule has 3 fully saturated rings. The number of benzene rings is 1. The van der Waals surface area contributed by atoms with Crippen molar-refractivity contribution in [3.63, 3.8) is 0 Å². The fourth-order valence-electron chi connectivity index (χ4n) is 8.48. The Labute approximate surface area is 190 Å². The van der Waals surface area contributed by atoms with Crippen molar-refractivity contribution in [1.29, 1.82) is 0 Å². The fourth-order valence-corrected chi connectivity index (χ4v) is 8.48. The monoisotopic (exact) mass is 435 g/mol. The van der Waals surface area contributed by atoms with E-state index in [0.29, 0.717) is 29.4 Å². The highest BCUT2D eigenvalue weighted by molar-refractivity contribution is 5.95. The number of Topliss-reactive ketones (excluding diaryl/α,β-unsaturated/α-hetero) is 1. The molecule has 0 unspecified atom stereocenters. The Hall–Kier alpha value is -1.97. The van der Waals surface area contributed by atoms with Gasteiger partial charge >= 0.3 is 0 Å². The molecule has 0 spiro atoms. The third-order valence-electron chi connectivity index (χ3n) is 10.2. The quantitative estimate of drug-likeness (QED) is 0.525. The molecule has 5 aliphatic rings. The molecule has 1 aromatic rings. The highest BCUT2D eigenvalue weighted by Gasteiger charge is 2.60. The van der Waals surface area contributed by atoms with E-state index in [1.54, 1.807) is 12.1 Å². The molecule has 1 heterocycles. The molecule has 6 rings (SSSR count).